The van der Waals surface area contributed by atoms with Crippen LogP contribution in [-0.2, 0) is 9.59 Å². The molecule has 5 nitrogen and oxygen atoms in total. The quantitative estimate of drug-likeness (QED) is 0.715. The Kier molecular flexibility index (Phi) is 7.89. The van der Waals surface area contributed by atoms with Gasteiger partial charge in [0.25, 0.3) is 0 Å². The molecule has 1 aromatic rings. The molecule has 128 valence electrons. The normalized spacial score (nSPS) is 11.0. The van der Waals surface area contributed by atoms with Crippen molar-refractivity contribution in [2.24, 2.45) is 5.41 Å². The van der Waals surface area contributed by atoms with Crippen LogP contribution in [-0.4, -0.2) is 31.5 Å². The van der Waals surface area contributed by atoms with Gasteiger partial charge in [0.1, 0.15) is 5.75 Å². The zero-order valence-electron chi connectivity index (χ0n) is 13.9. The molecule has 1 aromatic carbocycles. The molecule has 0 bridgehead atoms. The Balaban J connectivity index is 2.09. The van der Waals surface area contributed by atoms with Crippen LogP contribution in [0.15, 0.2) is 24.3 Å². The van der Waals surface area contributed by atoms with E-state index in [0.717, 1.165) is 0 Å². The van der Waals surface area contributed by atoms with Gasteiger partial charge in [-0.15, -0.1) is 0 Å². The molecule has 0 saturated heterocycles. The van der Waals surface area contributed by atoms with E-state index in [1.165, 1.54) is 0 Å². The minimum atomic E-state index is -0.417. The predicted molar refractivity (Wildman–Crippen MR) is 91.7 cm³/mol. The summed E-state index contributed by atoms with van der Waals surface area (Å²) < 4.78 is 5.51. The van der Waals surface area contributed by atoms with E-state index in [-0.39, 0.29) is 11.8 Å². The van der Waals surface area contributed by atoms with Crippen molar-refractivity contribution >= 4 is 23.4 Å². The first-order valence-corrected chi connectivity index (χ1v) is 8.11. The first-order valence-electron chi connectivity index (χ1n) is 7.73. The van der Waals surface area contributed by atoms with Crippen LogP contribution >= 0.6 is 11.6 Å². The van der Waals surface area contributed by atoms with Crippen molar-refractivity contribution in [3.8, 4) is 5.75 Å². The average molecular weight is 341 g/mol. The molecule has 2 amide bonds. The van der Waals surface area contributed by atoms with Gasteiger partial charge in [0.2, 0.25) is 11.8 Å². The van der Waals surface area contributed by atoms with Crippen LogP contribution in [0.4, 0.5) is 0 Å². The number of rotatable bonds is 8. The molecule has 0 fully saturated rings. The standard InChI is InChI=1S/C17H25ClN2O3/c1-17(2,3)16(22)20-11-10-19-15(21)9-6-12-23-14-8-5-4-7-13(14)18/h4-5,7-8H,6,9-12H2,1-3H3,(H,19,21)(H,20,22). The smallest absolute Gasteiger partial charge is 0.225 e. The second-order valence-electron chi connectivity index (χ2n) is 6.24. The highest BCUT2D eigenvalue weighted by Gasteiger charge is 2.20. The third kappa shape index (κ3) is 7.88. The van der Waals surface area contributed by atoms with Gasteiger partial charge in [0.15, 0.2) is 0 Å². The van der Waals surface area contributed by atoms with Gasteiger partial charge in [0, 0.05) is 24.9 Å². The van der Waals surface area contributed by atoms with Crippen LogP contribution in [0.1, 0.15) is 33.6 Å². The summed E-state index contributed by atoms with van der Waals surface area (Å²) in [6.45, 7) is 6.82. The Morgan fingerprint density at radius 3 is 2.43 bits per heavy atom. The molecule has 0 saturated carbocycles. The number of nitrogens with one attached hydrogen (secondary N) is 2. The number of carbonyl (C=O) groups excluding carboxylic acids is 2. The van der Waals surface area contributed by atoms with E-state index in [9.17, 15) is 9.59 Å². The number of carbonyl (C=O) groups is 2. The molecule has 0 spiro atoms. The lowest BCUT2D eigenvalue weighted by molar-refractivity contribution is -0.128. The van der Waals surface area contributed by atoms with Crippen LogP contribution in [0.25, 0.3) is 0 Å². The maximum atomic E-state index is 11.7. The van der Waals surface area contributed by atoms with Crippen molar-refractivity contribution < 1.29 is 14.3 Å². The lowest BCUT2D eigenvalue weighted by Crippen LogP contribution is -2.39. The summed E-state index contributed by atoms with van der Waals surface area (Å²) in [5.41, 5.74) is -0.417. The fraction of sp³-hybridized carbons (Fsp3) is 0.529. The van der Waals surface area contributed by atoms with Crippen molar-refractivity contribution in [2.45, 2.75) is 33.6 Å². The minimum absolute atomic E-state index is 0.0279. The van der Waals surface area contributed by atoms with Crippen LogP contribution < -0.4 is 15.4 Å². The van der Waals surface area contributed by atoms with Crippen molar-refractivity contribution in [1.82, 2.24) is 10.6 Å². The van der Waals surface area contributed by atoms with Gasteiger partial charge in [-0.1, -0.05) is 44.5 Å². The fourth-order valence-corrected chi connectivity index (χ4v) is 1.90. The Morgan fingerprint density at radius 1 is 1.13 bits per heavy atom. The first kappa shape index (κ1) is 19.3. The topological polar surface area (TPSA) is 67.4 Å². The van der Waals surface area contributed by atoms with Gasteiger partial charge < -0.3 is 15.4 Å². The van der Waals surface area contributed by atoms with E-state index < -0.39 is 5.41 Å². The number of hydrogen-bond donors (Lipinski definition) is 2. The lowest BCUT2D eigenvalue weighted by Gasteiger charge is -2.17. The van der Waals surface area contributed by atoms with Crippen molar-refractivity contribution in [2.75, 3.05) is 19.7 Å². The molecule has 23 heavy (non-hydrogen) atoms. The Hall–Kier alpha value is -1.75. The molecule has 0 atom stereocenters. The molecular weight excluding hydrogens is 316 g/mol. The van der Waals surface area contributed by atoms with Crippen molar-refractivity contribution in [3.63, 3.8) is 0 Å². The third-order valence-electron chi connectivity index (χ3n) is 3.06. The number of amides is 2. The molecule has 0 unspecified atom stereocenters. The van der Waals surface area contributed by atoms with E-state index >= 15 is 0 Å². The molecule has 0 aromatic heterocycles. The Bertz CT molecular complexity index is 527. The molecule has 0 radical (unpaired) electrons. The first-order chi connectivity index (χ1) is 10.8. The third-order valence-corrected chi connectivity index (χ3v) is 3.37. The average Bonchev–Trinajstić information content (AvgIpc) is 2.48. The van der Waals surface area contributed by atoms with E-state index in [4.69, 9.17) is 16.3 Å². The van der Waals surface area contributed by atoms with Gasteiger partial charge in [0.05, 0.1) is 11.6 Å². The number of halogens is 1. The van der Waals surface area contributed by atoms with Gasteiger partial charge in [-0.25, -0.2) is 0 Å². The van der Waals surface area contributed by atoms with E-state index in [2.05, 4.69) is 10.6 Å². The molecule has 0 aliphatic carbocycles. The van der Waals surface area contributed by atoms with Crippen molar-refractivity contribution in [1.29, 1.82) is 0 Å². The van der Waals surface area contributed by atoms with Crippen LogP contribution in [0.2, 0.25) is 5.02 Å². The van der Waals surface area contributed by atoms with Crippen molar-refractivity contribution in [3.05, 3.63) is 29.3 Å². The van der Waals surface area contributed by atoms with E-state index in [1.807, 2.05) is 32.9 Å². The summed E-state index contributed by atoms with van der Waals surface area (Å²) in [5, 5.41) is 6.11. The number of ether oxygens (including phenoxy) is 1. The Morgan fingerprint density at radius 2 is 1.78 bits per heavy atom. The summed E-state index contributed by atoms with van der Waals surface area (Å²) in [7, 11) is 0. The molecule has 0 aliphatic rings. The summed E-state index contributed by atoms with van der Waals surface area (Å²) in [6.07, 6.45) is 0.975. The monoisotopic (exact) mass is 340 g/mol. The maximum Gasteiger partial charge on any atom is 0.225 e. The fourth-order valence-electron chi connectivity index (χ4n) is 1.71. The van der Waals surface area contributed by atoms with E-state index in [0.29, 0.717) is 43.3 Å². The summed E-state index contributed by atoms with van der Waals surface area (Å²) in [6, 6.07) is 7.23. The second-order valence-corrected chi connectivity index (χ2v) is 6.65. The van der Waals surface area contributed by atoms with Gasteiger partial charge in [-0.2, -0.15) is 0 Å². The highest BCUT2D eigenvalue weighted by atomic mass is 35.5. The molecular formula is C17H25ClN2O3. The lowest BCUT2D eigenvalue weighted by atomic mass is 9.96. The second kappa shape index (κ2) is 9.40. The zero-order valence-corrected chi connectivity index (χ0v) is 14.7. The summed E-state index contributed by atoms with van der Waals surface area (Å²) in [4.78, 5) is 23.3. The van der Waals surface area contributed by atoms with Gasteiger partial charge in [-0.3, -0.25) is 9.59 Å². The molecule has 1 rings (SSSR count). The van der Waals surface area contributed by atoms with Gasteiger partial charge >= 0.3 is 0 Å². The Labute approximate surface area is 142 Å². The summed E-state index contributed by atoms with van der Waals surface area (Å²) in [5.74, 6) is 0.539. The molecule has 0 heterocycles. The predicted octanol–water partition coefficient (Wildman–Crippen LogP) is 2.78. The zero-order chi connectivity index (χ0) is 17.3. The highest BCUT2D eigenvalue weighted by Crippen LogP contribution is 2.23. The van der Waals surface area contributed by atoms with Crippen LogP contribution in [0.5, 0.6) is 5.75 Å². The number of benzene rings is 1. The summed E-state index contributed by atoms with van der Waals surface area (Å²) >= 11 is 5.97. The SMILES string of the molecule is CC(C)(C)C(=O)NCCNC(=O)CCCOc1ccccc1Cl. The number of hydrogen-bond acceptors (Lipinski definition) is 3. The van der Waals surface area contributed by atoms with Crippen LogP contribution in [0.3, 0.4) is 0 Å². The number of para-hydroxylation sites is 1. The maximum absolute atomic E-state index is 11.7. The highest BCUT2D eigenvalue weighted by molar-refractivity contribution is 6.32. The molecule has 0 aliphatic heterocycles. The molecule has 2 N–H and O–H groups in total. The van der Waals surface area contributed by atoms with E-state index in [1.54, 1.807) is 12.1 Å². The van der Waals surface area contributed by atoms with Gasteiger partial charge in [-0.05, 0) is 18.6 Å². The largest absolute Gasteiger partial charge is 0.492 e. The van der Waals surface area contributed by atoms with Crippen LogP contribution in [0, 0.1) is 5.41 Å². The minimum Gasteiger partial charge on any atom is -0.492 e. The molecule has 6 heteroatoms.